The molecule has 20 heavy (non-hydrogen) atoms. The number of carboxylic acid groups (broad SMARTS) is 1. The van der Waals surface area contributed by atoms with Gasteiger partial charge in [-0.3, -0.25) is 4.31 Å². The highest BCUT2D eigenvalue weighted by Crippen LogP contribution is 2.27. The first-order valence-corrected chi connectivity index (χ1v) is 7.83. The number of rotatable bonds is 4. The molecule has 2 rings (SSSR count). The molecular weight excluding hydrogens is 300 g/mol. The number of anilines is 1. The van der Waals surface area contributed by atoms with Crippen molar-refractivity contribution in [2.24, 2.45) is 0 Å². The van der Waals surface area contributed by atoms with Gasteiger partial charge in [0.05, 0.1) is 5.69 Å². The first-order valence-electron chi connectivity index (χ1n) is 5.57. The monoisotopic (exact) mass is 312 g/mol. The van der Waals surface area contributed by atoms with Gasteiger partial charge in [-0.05, 0) is 31.2 Å². The van der Waals surface area contributed by atoms with E-state index in [9.17, 15) is 13.2 Å². The second-order valence-corrected chi connectivity index (χ2v) is 7.53. The van der Waals surface area contributed by atoms with Gasteiger partial charge < -0.3 is 5.11 Å². The third kappa shape index (κ3) is 2.66. The topological polar surface area (TPSA) is 87.6 Å². The first kappa shape index (κ1) is 14.5. The van der Waals surface area contributed by atoms with Crippen LogP contribution in [0.2, 0.25) is 0 Å². The molecule has 0 aliphatic heterocycles. The molecule has 2 heterocycles. The standard InChI is InChI=1S/C12H12N2O4S2/c1-8-3-4-11(19-8)20(17,18)14(2)9-5-6-13-10(7-9)12(15)16/h3-7H,1-2H3,(H,15,16). The van der Waals surface area contributed by atoms with E-state index in [1.165, 1.54) is 42.8 Å². The van der Waals surface area contributed by atoms with E-state index >= 15 is 0 Å². The molecule has 0 bridgehead atoms. The van der Waals surface area contributed by atoms with Crippen LogP contribution >= 0.6 is 11.3 Å². The van der Waals surface area contributed by atoms with E-state index in [0.29, 0.717) is 0 Å². The summed E-state index contributed by atoms with van der Waals surface area (Å²) in [5, 5.41) is 8.89. The van der Waals surface area contributed by atoms with Crippen molar-refractivity contribution in [3.05, 3.63) is 41.0 Å². The van der Waals surface area contributed by atoms with Gasteiger partial charge in [0.25, 0.3) is 10.0 Å². The third-order valence-electron chi connectivity index (χ3n) is 2.66. The van der Waals surface area contributed by atoms with Crippen molar-refractivity contribution in [2.75, 3.05) is 11.4 Å². The van der Waals surface area contributed by atoms with Gasteiger partial charge in [0.15, 0.2) is 0 Å². The highest BCUT2D eigenvalue weighted by atomic mass is 32.2. The van der Waals surface area contributed by atoms with E-state index in [1.54, 1.807) is 6.07 Å². The second kappa shape index (κ2) is 5.22. The summed E-state index contributed by atoms with van der Waals surface area (Å²) >= 11 is 1.17. The van der Waals surface area contributed by atoms with Gasteiger partial charge in [-0.15, -0.1) is 11.3 Å². The lowest BCUT2D eigenvalue weighted by Gasteiger charge is -2.18. The van der Waals surface area contributed by atoms with Crippen molar-refractivity contribution in [1.82, 2.24) is 4.98 Å². The SMILES string of the molecule is Cc1ccc(S(=O)(=O)N(C)c2ccnc(C(=O)O)c2)s1. The number of aromatic nitrogens is 1. The molecule has 2 aromatic rings. The Kier molecular flexibility index (Phi) is 3.78. The molecule has 106 valence electrons. The highest BCUT2D eigenvalue weighted by molar-refractivity contribution is 7.94. The molecule has 0 spiro atoms. The summed E-state index contributed by atoms with van der Waals surface area (Å²) in [5.74, 6) is -1.20. The van der Waals surface area contributed by atoms with Gasteiger partial charge >= 0.3 is 5.97 Å². The van der Waals surface area contributed by atoms with E-state index in [2.05, 4.69) is 4.98 Å². The molecule has 0 fully saturated rings. The van der Waals surface area contributed by atoms with Gasteiger partial charge in [-0.25, -0.2) is 18.2 Å². The zero-order valence-corrected chi connectivity index (χ0v) is 12.4. The predicted molar refractivity (Wildman–Crippen MR) is 75.8 cm³/mol. The number of carbonyl (C=O) groups is 1. The summed E-state index contributed by atoms with van der Waals surface area (Å²) in [6.07, 6.45) is 1.27. The maximum Gasteiger partial charge on any atom is 0.354 e. The minimum atomic E-state index is -3.68. The summed E-state index contributed by atoms with van der Waals surface area (Å²) in [5.41, 5.74) is 0.0513. The molecule has 0 aromatic carbocycles. The van der Waals surface area contributed by atoms with E-state index in [0.717, 1.165) is 9.18 Å². The average Bonchev–Trinajstić information content (AvgIpc) is 2.85. The van der Waals surface area contributed by atoms with Crippen molar-refractivity contribution in [2.45, 2.75) is 11.1 Å². The summed E-state index contributed by atoms with van der Waals surface area (Å²) in [4.78, 5) is 15.4. The van der Waals surface area contributed by atoms with Crippen LogP contribution in [0.5, 0.6) is 0 Å². The lowest BCUT2D eigenvalue weighted by molar-refractivity contribution is 0.0690. The number of aryl methyl sites for hydroxylation is 1. The van der Waals surface area contributed by atoms with Crippen LogP contribution in [0.4, 0.5) is 5.69 Å². The molecule has 8 heteroatoms. The minimum absolute atomic E-state index is 0.202. The molecule has 2 aromatic heterocycles. The van der Waals surface area contributed by atoms with Crippen molar-refractivity contribution in [1.29, 1.82) is 0 Å². The Morgan fingerprint density at radius 1 is 1.35 bits per heavy atom. The second-order valence-electron chi connectivity index (χ2n) is 4.04. The van der Waals surface area contributed by atoms with Crippen LogP contribution in [-0.2, 0) is 10.0 Å². The fraction of sp³-hybridized carbons (Fsp3) is 0.167. The van der Waals surface area contributed by atoms with Crippen molar-refractivity contribution >= 4 is 33.0 Å². The molecule has 0 unspecified atom stereocenters. The largest absolute Gasteiger partial charge is 0.477 e. The van der Waals surface area contributed by atoms with Crippen molar-refractivity contribution in [3.63, 3.8) is 0 Å². The molecule has 0 atom stereocenters. The Hall–Kier alpha value is -1.93. The normalized spacial score (nSPS) is 11.3. The molecule has 0 aliphatic rings. The quantitative estimate of drug-likeness (QED) is 0.932. The van der Waals surface area contributed by atoms with E-state index in [-0.39, 0.29) is 15.6 Å². The molecule has 0 aliphatic carbocycles. The van der Waals surface area contributed by atoms with Crippen molar-refractivity contribution in [3.8, 4) is 0 Å². The zero-order valence-electron chi connectivity index (χ0n) is 10.8. The molecule has 0 radical (unpaired) electrons. The van der Waals surface area contributed by atoms with Crippen molar-refractivity contribution < 1.29 is 18.3 Å². The molecule has 1 N–H and O–H groups in total. The van der Waals surface area contributed by atoms with Gasteiger partial charge in [0, 0.05) is 18.1 Å². The lowest BCUT2D eigenvalue weighted by atomic mass is 10.3. The minimum Gasteiger partial charge on any atom is -0.477 e. The number of nitrogens with zero attached hydrogens (tertiary/aromatic N) is 2. The van der Waals surface area contributed by atoms with Crippen LogP contribution in [0.15, 0.2) is 34.7 Å². The predicted octanol–water partition coefficient (Wildman–Crippen LogP) is 1.97. The van der Waals surface area contributed by atoms with E-state index in [1.807, 2.05) is 6.92 Å². The van der Waals surface area contributed by atoms with Crippen LogP contribution < -0.4 is 4.31 Å². The van der Waals surface area contributed by atoms with Gasteiger partial charge in [0.1, 0.15) is 9.90 Å². The number of pyridine rings is 1. The Morgan fingerprint density at radius 3 is 2.60 bits per heavy atom. The smallest absolute Gasteiger partial charge is 0.354 e. The molecular formula is C12H12N2O4S2. The Balaban J connectivity index is 2.43. The van der Waals surface area contributed by atoms with E-state index < -0.39 is 16.0 Å². The molecule has 0 saturated heterocycles. The average molecular weight is 312 g/mol. The summed E-state index contributed by atoms with van der Waals surface area (Å²) in [7, 11) is -2.30. The maximum atomic E-state index is 12.4. The van der Waals surface area contributed by atoms with Crippen LogP contribution in [0, 0.1) is 6.92 Å². The Labute approximate surface area is 120 Å². The van der Waals surface area contributed by atoms with Gasteiger partial charge in [0.2, 0.25) is 0 Å². The molecule has 0 saturated carbocycles. The highest BCUT2D eigenvalue weighted by Gasteiger charge is 2.23. The Bertz CT molecular complexity index is 752. The number of hydrogen-bond donors (Lipinski definition) is 1. The van der Waals surface area contributed by atoms with Gasteiger partial charge in [-0.1, -0.05) is 0 Å². The lowest BCUT2D eigenvalue weighted by Crippen LogP contribution is -2.26. The fourth-order valence-electron chi connectivity index (χ4n) is 1.56. The maximum absolute atomic E-state index is 12.4. The summed E-state index contributed by atoms with van der Waals surface area (Å²) in [6.45, 7) is 1.82. The number of sulfonamides is 1. The summed E-state index contributed by atoms with van der Waals surface area (Å²) in [6, 6.07) is 5.93. The van der Waals surface area contributed by atoms with Crippen LogP contribution in [-0.4, -0.2) is 31.5 Å². The number of aromatic carboxylic acids is 1. The molecule has 6 nitrogen and oxygen atoms in total. The first-order chi connectivity index (χ1) is 9.32. The summed E-state index contributed by atoms with van der Waals surface area (Å²) < 4.78 is 26.1. The number of hydrogen-bond acceptors (Lipinski definition) is 5. The van der Waals surface area contributed by atoms with Crippen LogP contribution in [0.3, 0.4) is 0 Å². The Morgan fingerprint density at radius 2 is 2.05 bits per heavy atom. The van der Waals surface area contributed by atoms with Gasteiger partial charge in [-0.2, -0.15) is 0 Å². The number of thiophene rings is 1. The fourth-order valence-corrected chi connectivity index (χ4v) is 4.20. The third-order valence-corrected chi connectivity index (χ3v) is 5.91. The van der Waals surface area contributed by atoms with Crippen LogP contribution in [0.1, 0.15) is 15.4 Å². The van der Waals surface area contributed by atoms with E-state index in [4.69, 9.17) is 5.11 Å². The molecule has 0 amide bonds. The van der Waals surface area contributed by atoms with Crippen LogP contribution in [0.25, 0.3) is 0 Å². The number of carboxylic acids is 1. The zero-order chi connectivity index (χ0) is 14.9.